The molecule has 0 aliphatic heterocycles. The van der Waals surface area contributed by atoms with Gasteiger partial charge in [-0.2, -0.15) is 0 Å². The van der Waals surface area contributed by atoms with Gasteiger partial charge in [0.1, 0.15) is 0 Å². The van der Waals surface area contributed by atoms with E-state index in [2.05, 4.69) is 5.32 Å². The van der Waals surface area contributed by atoms with Gasteiger partial charge in [-0.15, -0.1) is 0 Å². The quantitative estimate of drug-likeness (QED) is 0.557. The van der Waals surface area contributed by atoms with Crippen LogP contribution in [0, 0.1) is 0 Å². The van der Waals surface area contributed by atoms with Crippen LogP contribution in [0.4, 0.5) is 0 Å². The van der Waals surface area contributed by atoms with E-state index < -0.39 is 6.04 Å². The molecule has 0 aromatic rings. The van der Waals surface area contributed by atoms with E-state index in [1.54, 1.807) is 6.92 Å². The SMILES string of the molecule is C[C@H](N)C(=O)N[C@H]1CC[C@@H](O)CC1. The van der Waals surface area contributed by atoms with Crippen LogP contribution >= 0.6 is 0 Å². The van der Waals surface area contributed by atoms with Crippen LogP contribution in [0.15, 0.2) is 0 Å². The van der Waals surface area contributed by atoms with Crippen molar-refractivity contribution in [3.8, 4) is 0 Å². The third kappa shape index (κ3) is 3.32. The summed E-state index contributed by atoms with van der Waals surface area (Å²) in [7, 11) is 0. The Morgan fingerprint density at radius 2 is 2.00 bits per heavy atom. The summed E-state index contributed by atoms with van der Waals surface area (Å²) in [5.74, 6) is -0.0959. The Bertz CT molecular complexity index is 174. The number of aliphatic hydroxyl groups is 1. The fraction of sp³-hybridized carbons (Fsp3) is 0.889. The molecule has 1 atom stereocenters. The van der Waals surface area contributed by atoms with Gasteiger partial charge in [-0.3, -0.25) is 4.79 Å². The Morgan fingerprint density at radius 3 is 2.46 bits per heavy atom. The molecular weight excluding hydrogens is 168 g/mol. The van der Waals surface area contributed by atoms with Crippen LogP contribution in [-0.2, 0) is 4.79 Å². The molecule has 76 valence electrons. The molecule has 0 radical (unpaired) electrons. The number of nitrogens with one attached hydrogen (secondary N) is 1. The molecule has 0 bridgehead atoms. The summed E-state index contributed by atoms with van der Waals surface area (Å²) < 4.78 is 0. The summed E-state index contributed by atoms with van der Waals surface area (Å²) in [5.41, 5.74) is 5.42. The predicted molar refractivity (Wildman–Crippen MR) is 50.1 cm³/mol. The van der Waals surface area contributed by atoms with Crippen LogP contribution in [0.2, 0.25) is 0 Å². The minimum Gasteiger partial charge on any atom is -0.393 e. The molecule has 0 aromatic carbocycles. The van der Waals surface area contributed by atoms with Gasteiger partial charge in [0.05, 0.1) is 12.1 Å². The van der Waals surface area contributed by atoms with Crippen molar-refractivity contribution in [1.29, 1.82) is 0 Å². The molecule has 4 nitrogen and oxygen atoms in total. The first-order valence-electron chi connectivity index (χ1n) is 4.83. The third-order valence-corrected chi connectivity index (χ3v) is 2.46. The standard InChI is InChI=1S/C9H18N2O2/c1-6(10)9(13)11-7-2-4-8(12)5-3-7/h6-8,12H,2-5,10H2,1H3,(H,11,13)/t6-,7-,8+/m0/s1. The van der Waals surface area contributed by atoms with Crippen molar-refractivity contribution in [2.45, 2.75) is 50.8 Å². The van der Waals surface area contributed by atoms with E-state index in [9.17, 15) is 9.90 Å². The van der Waals surface area contributed by atoms with Gasteiger partial charge in [-0.25, -0.2) is 0 Å². The second-order valence-corrected chi connectivity index (χ2v) is 3.80. The highest BCUT2D eigenvalue weighted by Crippen LogP contribution is 2.18. The van der Waals surface area contributed by atoms with Gasteiger partial charge in [-0.05, 0) is 32.6 Å². The maximum Gasteiger partial charge on any atom is 0.236 e. The molecule has 0 saturated heterocycles. The predicted octanol–water partition coefficient (Wildman–Crippen LogP) is -0.247. The third-order valence-electron chi connectivity index (χ3n) is 2.46. The Morgan fingerprint density at radius 1 is 1.46 bits per heavy atom. The smallest absolute Gasteiger partial charge is 0.236 e. The summed E-state index contributed by atoms with van der Waals surface area (Å²) in [6.07, 6.45) is 3.11. The van der Waals surface area contributed by atoms with Crippen LogP contribution in [0.3, 0.4) is 0 Å². The fourth-order valence-corrected chi connectivity index (χ4v) is 1.55. The van der Waals surface area contributed by atoms with Crippen molar-refractivity contribution in [3.63, 3.8) is 0 Å². The number of carbonyl (C=O) groups excluding carboxylic acids is 1. The zero-order chi connectivity index (χ0) is 9.84. The molecule has 1 aliphatic rings. The second-order valence-electron chi connectivity index (χ2n) is 3.80. The molecule has 1 saturated carbocycles. The molecule has 1 fully saturated rings. The monoisotopic (exact) mass is 186 g/mol. The molecule has 0 aromatic heterocycles. The molecule has 1 aliphatic carbocycles. The number of hydrogen-bond acceptors (Lipinski definition) is 3. The van der Waals surface area contributed by atoms with Crippen molar-refractivity contribution in [3.05, 3.63) is 0 Å². The first-order valence-corrected chi connectivity index (χ1v) is 4.83. The van der Waals surface area contributed by atoms with Crippen LogP contribution in [-0.4, -0.2) is 29.2 Å². The van der Waals surface area contributed by atoms with E-state index in [-0.39, 0.29) is 18.1 Å². The van der Waals surface area contributed by atoms with Crippen LogP contribution in [0.25, 0.3) is 0 Å². The lowest BCUT2D eigenvalue weighted by atomic mass is 9.93. The number of nitrogens with two attached hydrogens (primary N) is 1. The van der Waals surface area contributed by atoms with Gasteiger partial charge in [-0.1, -0.05) is 0 Å². The summed E-state index contributed by atoms with van der Waals surface area (Å²) >= 11 is 0. The van der Waals surface area contributed by atoms with Gasteiger partial charge < -0.3 is 16.2 Å². The molecule has 1 amide bonds. The van der Waals surface area contributed by atoms with Crippen molar-refractivity contribution in [2.75, 3.05) is 0 Å². The number of hydrogen-bond donors (Lipinski definition) is 3. The van der Waals surface area contributed by atoms with E-state index in [1.807, 2.05) is 0 Å². The second kappa shape index (κ2) is 4.58. The maximum atomic E-state index is 11.2. The van der Waals surface area contributed by atoms with Crippen molar-refractivity contribution >= 4 is 5.91 Å². The summed E-state index contributed by atoms with van der Waals surface area (Å²) in [6, 6.07) is -0.228. The van der Waals surface area contributed by atoms with Gasteiger partial charge >= 0.3 is 0 Å². The van der Waals surface area contributed by atoms with Crippen molar-refractivity contribution in [2.24, 2.45) is 5.73 Å². The summed E-state index contributed by atoms with van der Waals surface area (Å²) in [4.78, 5) is 11.2. The number of aliphatic hydroxyl groups excluding tert-OH is 1. The maximum absolute atomic E-state index is 11.2. The molecular formula is C9H18N2O2. The van der Waals surface area contributed by atoms with Gasteiger partial charge in [0.15, 0.2) is 0 Å². The topological polar surface area (TPSA) is 75.4 Å². The van der Waals surface area contributed by atoms with E-state index in [1.165, 1.54) is 0 Å². The number of amides is 1. The fourth-order valence-electron chi connectivity index (χ4n) is 1.55. The lowest BCUT2D eigenvalue weighted by Crippen LogP contribution is -2.45. The van der Waals surface area contributed by atoms with E-state index in [4.69, 9.17) is 5.73 Å². The Kier molecular flexibility index (Phi) is 3.69. The van der Waals surface area contributed by atoms with E-state index in [0.29, 0.717) is 0 Å². The molecule has 0 heterocycles. The largest absolute Gasteiger partial charge is 0.393 e. The van der Waals surface area contributed by atoms with E-state index in [0.717, 1.165) is 25.7 Å². The van der Waals surface area contributed by atoms with Crippen molar-refractivity contribution < 1.29 is 9.90 Å². The van der Waals surface area contributed by atoms with Crippen molar-refractivity contribution in [1.82, 2.24) is 5.32 Å². The zero-order valence-corrected chi connectivity index (χ0v) is 7.99. The molecule has 13 heavy (non-hydrogen) atoms. The average Bonchev–Trinajstić information content (AvgIpc) is 2.08. The normalized spacial score (nSPS) is 31.0. The van der Waals surface area contributed by atoms with Gasteiger partial charge in [0.2, 0.25) is 5.91 Å². The van der Waals surface area contributed by atoms with E-state index >= 15 is 0 Å². The summed E-state index contributed by atoms with van der Waals surface area (Å²) in [6.45, 7) is 1.67. The number of carbonyl (C=O) groups is 1. The van der Waals surface area contributed by atoms with Gasteiger partial charge in [0, 0.05) is 6.04 Å². The van der Waals surface area contributed by atoms with Crippen LogP contribution < -0.4 is 11.1 Å². The Hall–Kier alpha value is -0.610. The highest BCUT2D eigenvalue weighted by molar-refractivity contribution is 5.81. The zero-order valence-electron chi connectivity index (χ0n) is 7.99. The first kappa shape index (κ1) is 10.5. The summed E-state index contributed by atoms with van der Waals surface area (Å²) in [5, 5.41) is 12.1. The highest BCUT2D eigenvalue weighted by Gasteiger charge is 2.21. The minimum absolute atomic E-state index is 0.0959. The average molecular weight is 186 g/mol. The first-order chi connectivity index (χ1) is 6.09. The molecule has 4 N–H and O–H groups in total. The molecule has 1 rings (SSSR count). The molecule has 0 spiro atoms. The Labute approximate surface area is 78.5 Å². The lowest BCUT2D eigenvalue weighted by molar-refractivity contribution is -0.123. The highest BCUT2D eigenvalue weighted by atomic mass is 16.3. The minimum atomic E-state index is -0.438. The molecule has 4 heteroatoms. The van der Waals surface area contributed by atoms with Crippen LogP contribution in [0.1, 0.15) is 32.6 Å². The van der Waals surface area contributed by atoms with Gasteiger partial charge in [0.25, 0.3) is 0 Å². The molecule has 0 unspecified atom stereocenters. The number of rotatable bonds is 2. The lowest BCUT2D eigenvalue weighted by Gasteiger charge is -2.26. The van der Waals surface area contributed by atoms with Crippen LogP contribution in [0.5, 0.6) is 0 Å². The Balaban J connectivity index is 2.26.